The van der Waals surface area contributed by atoms with Crippen molar-refractivity contribution in [3.05, 3.63) is 33.1 Å². The Bertz CT molecular complexity index is 543. The molecule has 1 saturated heterocycles. The number of aliphatic hydroxyl groups is 1. The first-order chi connectivity index (χ1) is 9.01. The fraction of sp³-hybridized carbons (Fsp3) is 0.556. The lowest BCUT2D eigenvalue weighted by Crippen LogP contribution is -2.31. The van der Waals surface area contributed by atoms with Crippen LogP contribution in [0.15, 0.2) is 21.9 Å². The average molecular weight is 291 g/mol. The van der Waals surface area contributed by atoms with Gasteiger partial charge in [-0.15, -0.1) is 0 Å². The van der Waals surface area contributed by atoms with Crippen molar-refractivity contribution in [3.63, 3.8) is 0 Å². The van der Waals surface area contributed by atoms with Crippen LogP contribution in [0, 0.1) is 0 Å². The van der Waals surface area contributed by atoms with Gasteiger partial charge in [0.1, 0.15) is 12.3 Å². The lowest BCUT2D eigenvalue weighted by atomic mass is 10.2. The van der Waals surface area contributed by atoms with Gasteiger partial charge in [0.2, 0.25) is 8.53 Å². The van der Waals surface area contributed by atoms with E-state index < -0.39 is 38.2 Å². The largest absolute Gasteiger partial charge is 0.394 e. The molecule has 0 amide bonds. The Morgan fingerprint density at radius 2 is 2.37 bits per heavy atom. The van der Waals surface area contributed by atoms with Gasteiger partial charge in [-0.05, 0) is 0 Å². The van der Waals surface area contributed by atoms with Crippen molar-refractivity contribution in [2.75, 3.05) is 6.61 Å². The molecule has 1 aliphatic rings. The van der Waals surface area contributed by atoms with Crippen molar-refractivity contribution >= 4 is 8.53 Å². The van der Waals surface area contributed by atoms with E-state index in [0.717, 1.165) is 0 Å². The topological polar surface area (TPSA) is 140 Å². The van der Waals surface area contributed by atoms with E-state index in [1.165, 1.54) is 16.8 Å². The van der Waals surface area contributed by atoms with Crippen molar-refractivity contribution < 1.29 is 19.3 Å². The molecule has 0 bridgehead atoms. The van der Waals surface area contributed by atoms with Crippen LogP contribution in [0.25, 0.3) is 0 Å². The third-order valence-corrected chi connectivity index (χ3v) is 3.25. The Hall–Kier alpha value is -1.09. The molecule has 1 fully saturated rings. The summed E-state index contributed by atoms with van der Waals surface area (Å²) in [7, 11) is -2.08. The highest BCUT2D eigenvalue weighted by molar-refractivity contribution is 7.43. The molecule has 1 aliphatic heterocycles. The quantitative estimate of drug-likeness (QED) is 0.489. The number of ether oxygens (including phenoxy) is 1. The molecule has 19 heavy (non-hydrogen) atoms. The first-order valence-corrected chi connectivity index (χ1v) is 6.77. The number of hydrogen-bond donors (Lipinski definition) is 4. The highest BCUT2D eigenvalue weighted by Gasteiger charge is 2.38. The highest BCUT2D eigenvalue weighted by Crippen LogP contribution is 2.35. The smallest absolute Gasteiger partial charge is 0.330 e. The summed E-state index contributed by atoms with van der Waals surface area (Å²) in [5, 5.41) is 9.16. The highest BCUT2D eigenvalue weighted by atomic mass is 31.2. The van der Waals surface area contributed by atoms with Gasteiger partial charge in [-0.25, -0.2) is 4.79 Å². The van der Waals surface area contributed by atoms with Gasteiger partial charge in [-0.2, -0.15) is 0 Å². The van der Waals surface area contributed by atoms with Gasteiger partial charge in [0.15, 0.2) is 0 Å². The molecule has 0 radical (unpaired) electrons. The van der Waals surface area contributed by atoms with Gasteiger partial charge >= 0.3 is 5.69 Å². The summed E-state index contributed by atoms with van der Waals surface area (Å²) < 4.78 is 11.7. The lowest BCUT2D eigenvalue weighted by molar-refractivity contribution is -0.0419. The van der Waals surface area contributed by atoms with E-state index in [2.05, 4.69) is 4.98 Å². The van der Waals surface area contributed by atoms with E-state index in [-0.39, 0.29) is 13.0 Å². The monoisotopic (exact) mass is 291 g/mol. The van der Waals surface area contributed by atoms with Crippen LogP contribution in [0.5, 0.6) is 0 Å². The van der Waals surface area contributed by atoms with E-state index >= 15 is 0 Å². The summed E-state index contributed by atoms with van der Waals surface area (Å²) in [4.78, 5) is 33.7. The number of aromatic amines is 1. The van der Waals surface area contributed by atoms with Gasteiger partial charge in [-0.1, -0.05) is 0 Å². The number of hydrogen-bond acceptors (Lipinski definition) is 7. The molecule has 0 spiro atoms. The standard InChI is InChI=1S/C9H14N3O6P/c10-19(16)18-5-3-8(17-6(5)4-13)12-2-1-7(14)11-9(12)15/h1-2,5-6,8,13,16H,3-4,10H2,(H,11,14,15)/t5-,6+,8+,19?/m0/s1. The van der Waals surface area contributed by atoms with Crippen LogP contribution in [-0.2, 0) is 9.26 Å². The number of aliphatic hydroxyl groups excluding tert-OH is 1. The van der Waals surface area contributed by atoms with Crippen LogP contribution >= 0.6 is 8.53 Å². The number of nitrogens with one attached hydrogen (secondary N) is 1. The van der Waals surface area contributed by atoms with Crippen molar-refractivity contribution in [1.29, 1.82) is 0 Å². The number of H-pyrrole nitrogens is 1. The Balaban J connectivity index is 2.19. The van der Waals surface area contributed by atoms with Crippen LogP contribution in [0.4, 0.5) is 0 Å². The minimum atomic E-state index is -2.08. The summed E-state index contributed by atoms with van der Waals surface area (Å²) in [6.45, 7) is -0.331. The van der Waals surface area contributed by atoms with Gasteiger partial charge in [-0.3, -0.25) is 19.8 Å². The van der Waals surface area contributed by atoms with Crippen molar-refractivity contribution in [2.45, 2.75) is 24.9 Å². The Morgan fingerprint density at radius 1 is 1.63 bits per heavy atom. The molecule has 10 heteroatoms. The minimum absolute atomic E-state index is 0.230. The Labute approximate surface area is 108 Å². The maximum atomic E-state index is 11.6. The van der Waals surface area contributed by atoms with Crippen molar-refractivity contribution in [3.8, 4) is 0 Å². The zero-order chi connectivity index (χ0) is 14.0. The van der Waals surface area contributed by atoms with Crippen molar-refractivity contribution in [2.24, 2.45) is 5.50 Å². The maximum absolute atomic E-state index is 11.6. The van der Waals surface area contributed by atoms with Crippen molar-refractivity contribution in [1.82, 2.24) is 9.55 Å². The van der Waals surface area contributed by atoms with E-state index in [4.69, 9.17) is 24.8 Å². The molecule has 106 valence electrons. The van der Waals surface area contributed by atoms with Gasteiger partial charge in [0.05, 0.1) is 12.7 Å². The second kappa shape index (κ2) is 5.91. The summed E-state index contributed by atoms with van der Waals surface area (Å²) in [5.74, 6) is 0. The lowest BCUT2D eigenvalue weighted by Gasteiger charge is -2.16. The van der Waals surface area contributed by atoms with Crippen LogP contribution < -0.4 is 16.8 Å². The maximum Gasteiger partial charge on any atom is 0.330 e. The normalized spacial score (nSPS) is 28.5. The minimum Gasteiger partial charge on any atom is -0.394 e. The second-order valence-corrected chi connectivity index (χ2v) is 4.83. The Kier molecular flexibility index (Phi) is 4.46. The third kappa shape index (κ3) is 3.27. The predicted molar refractivity (Wildman–Crippen MR) is 65.1 cm³/mol. The van der Waals surface area contributed by atoms with Crippen LogP contribution in [0.3, 0.4) is 0 Å². The molecular formula is C9H14N3O6P. The number of aromatic nitrogens is 2. The summed E-state index contributed by atoms with van der Waals surface area (Å²) in [6, 6.07) is 1.19. The fourth-order valence-corrected chi connectivity index (χ4v) is 2.44. The van der Waals surface area contributed by atoms with E-state index in [0.29, 0.717) is 0 Å². The van der Waals surface area contributed by atoms with E-state index in [1.54, 1.807) is 0 Å². The molecule has 1 aromatic heterocycles. The molecule has 1 unspecified atom stereocenters. The average Bonchev–Trinajstić information content (AvgIpc) is 2.71. The first kappa shape index (κ1) is 14.3. The third-order valence-electron chi connectivity index (χ3n) is 2.77. The zero-order valence-electron chi connectivity index (χ0n) is 9.80. The summed E-state index contributed by atoms with van der Waals surface area (Å²) in [6.07, 6.45) is -0.471. The SMILES string of the molecule is NP(O)O[C@H]1C[C@H](n2ccc(=O)[nH]c2=O)O[C@@H]1CO. The Morgan fingerprint density at radius 3 is 2.95 bits per heavy atom. The molecule has 2 heterocycles. The fourth-order valence-electron chi connectivity index (χ4n) is 1.94. The van der Waals surface area contributed by atoms with E-state index in [9.17, 15) is 9.59 Å². The molecule has 0 aliphatic carbocycles. The molecule has 0 saturated carbocycles. The van der Waals surface area contributed by atoms with Crippen LogP contribution in [0.2, 0.25) is 0 Å². The molecule has 2 rings (SSSR count). The van der Waals surface area contributed by atoms with Gasteiger partial charge in [0, 0.05) is 18.7 Å². The zero-order valence-corrected chi connectivity index (χ0v) is 10.7. The van der Waals surface area contributed by atoms with Crippen LogP contribution in [-0.4, -0.2) is 38.4 Å². The number of nitrogens with zero attached hydrogens (tertiary/aromatic N) is 1. The molecular weight excluding hydrogens is 277 g/mol. The molecule has 5 N–H and O–H groups in total. The number of nitrogens with two attached hydrogens (primary N) is 1. The van der Waals surface area contributed by atoms with E-state index in [1.807, 2.05) is 0 Å². The molecule has 1 aromatic rings. The summed E-state index contributed by atoms with van der Waals surface area (Å²) >= 11 is 0. The molecule has 9 nitrogen and oxygen atoms in total. The second-order valence-electron chi connectivity index (χ2n) is 4.01. The van der Waals surface area contributed by atoms with Crippen LogP contribution in [0.1, 0.15) is 12.6 Å². The predicted octanol–water partition coefficient (Wildman–Crippen LogP) is -1.62. The number of rotatable bonds is 4. The molecule has 0 aromatic carbocycles. The first-order valence-electron chi connectivity index (χ1n) is 5.49. The molecule has 4 atom stereocenters. The van der Waals surface area contributed by atoms with Gasteiger partial charge in [0.25, 0.3) is 5.56 Å². The summed E-state index contributed by atoms with van der Waals surface area (Å²) in [5.41, 5.74) is 4.04. The van der Waals surface area contributed by atoms with Gasteiger partial charge < -0.3 is 19.3 Å².